The Morgan fingerprint density at radius 3 is 2.86 bits per heavy atom. The Labute approximate surface area is 124 Å². The van der Waals surface area contributed by atoms with Gasteiger partial charge in [-0.25, -0.2) is 19.5 Å². The lowest BCUT2D eigenvalue weighted by Crippen LogP contribution is -2.33. The summed E-state index contributed by atoms with van der Waals surface area (Å²) in [7, 11) is -2.82. The van der Waals surface area contributed by atoms with Crippen molar-refractivity contribution in [1.82, 2.24) is 19.5 Å². The Morgan fingerprint density at radius 1 is 1.36 bits per heavy atom. The van der Waals surface area contributed by atoms with Gasteiger partial charge in [0.05, 0.1) is 12.9 Å². The van der Waals surface area contributed by atoms with Crippen LogP contribution in [0.25, 0.3) is 11.2 Å². The highest BCUT2D eigenvalue weighted by molar-refractivity contribution is 7.32. The summed E-state index contributed by atoms with van der Waals surface area (Å²) in [5.41, 5.74) is 6.35. The Hall–Kier alpha value is -1.75. The van der Waals surface area contributed by atoms with Crippen LogP contribution in [-0.2, 0) is 13.8 Å². The highest BCUT2D eigenvalue weighted by atomic mass is 31.1. The van der Waals surface area contributed by atoms with Gasteiger partial charge in [0, 0.05) is 0 Å². The molecular formula is C10H13N5O6P. The number of anilines is 1. The lowest BCUT2D eigenvalue weighted by molar-refractivity contribution is -0.0476. The number of hydrogen-bond acceptors (Lipinski definition) is 9. The van der Waals surface area contributed by atoms with Crippen LogP contribution in [0, 0.1) is 0 Å². The summed E-state index contributed by atoms with van der Waals surface area (Å²) >= 11 is 0. The van der Waals surface area contributed by atoms with Gasteiger partial charge in [-0.1, -0.05) is 0 Å². The first-order valence-corrected chi connectivity index (χ1v) is 7.35. The average molecular weight is 330 g/mol. The van der Waals surface area contributed by atoms with Crippen molar-refractivity contribution in [3.05, 3.63) is 12.7 Å². The SMILES string of the molecule is Nc1ncnc2c1ncn2[C@@H]1O[C@H](CO[P](=O)O)[C@@H](O)[C@H]1O. The molecule has 22 heavy (non-hydrogen) atoms. The van der Waals surface area contributed by atoms with Gasteiger partial charge in [0.25, 0.3) is 0 Å². The maximum absolute atomic E-state index is 10.5. The van der Waals surface area contributed by atoms with E-state index in [2.05, 4.69) is 19.5 Å². The fraction of sp³-hybridized carbons (Fsp3) is 0.500. The molecule has 0 saturated carbocycles. The number of nitrogen functional groups attached to an aromatic ring is 1. The van der Waals surface area contributed by atoms with E-state index < -0.39 is 32.8 Å². The van der Waals surface area contributed by atoms with Crippen molar-refractivity contribution in [3.8, 4) is 0 Å². The lowest BCUT2D eigenvalue weighted by Gasteiger charge is -2.16. The van der Waals surface area contributed by atoms with Crippen molar-refractivity contribution in [2.45, 2.75) is 24.5 Å². The number of ether oxygens (including phenoxy) is 1. The number of nitrogens with zero attached hydrogens (tertiary/aromatic N) is 4. The quantitative estimate of drug-likeness (QED) is 0.494. The second kappa shape index (κ2) is 5.80. The Bertz CT molecular complexity index is 710. The standard InChI is InChI=1S/C10H13N5O6P/c11-8-5-9(13-2-12-8)15(3-14-5)10-7(17)6(16)4(21-10)1-20-22(18)19/h2-4,6-7,10,16-17H,1H2,(H,18,19)(H2,11,12,13)/t4-,6-,7-,10-/m1/s1. The molecule has 1 aliphatic rings. The minimum Gasteiger partial charge on any atom is -0.387 e. The molecule has 1 radical (unpaired) electrons. The van der Waals surface area contributed by atoms with E-state index in [0.29, 0.717) is 11.2 Å². The van der Waals surface area contributed by atoms with Gasteiger partial charge < -0.3 is 20.7 Å². The molecule has 2 aromatic rings. The molecule has 119 valence electrons. The van der Waals surface area contributed by atoms with Gasteiger partial charge in [-0.15, -0.1) is 0 Å². The monoisotopic (exact) mass is 330 g/mol. The predicted octanol–water partition coefficient (Wildman–Crippen LogP) is -1.31. The van der Waals surface area contributed by atoms with E-state index in [1.165, 1.54) is 17.2 Å². The number of fused-ring (bicyclic) bond motifs is 1. The van der Waals surface area contributed by atoms with Crippen LogP contribution in [0.3, 0.4) is 0 Å². The van der Waals surface area contributed by atoms with Crippen LogP contribution in [0.15, 0.2) is 12.7 Å². The van der Waals surface area contributed by atoms with Crippen molar-refractivity contribution in [2.75, 3.05) is 12.3 Å². The molecule has 0 spiro atoms. The zero-order chi connectivity index (χ0) is 15.9. The fourth-order valence-corrected chi connectivity index (χ4v) is 2.56. The maximum Gasteiger partial charge on any atom is 0.366 e. The summed E-state index contributed by atoms with van der Waals surface area (Å²) in [6, 6.07) is 0. The van der Waals surface area contributed by atoms with E-state index >= 15 is 0 Å². The molecule has 1 unspecified atom stereocenters. The molecule has 0 amide bonds. The second-order valence-electron chi connectivity index (χ2n) is 4.66. The van der Waals surface area contributed by atoms with E-state index in [-0.39, 0.29) is 12.4 Å². The summed E-state index contributed by atoms with van der Waals surface area (Å²) in [6.45, 7) is -0.343. The van der Waals surface area contributed by atoms with Gasteiger partial charge in [0.2, 0.25) is 0 Å². The second-order valence-corrected chi connectivity index (χ2v) is 5.40. The van der Waals surface area contributed by atoms with Crippen LogP contribution in [0.1, 0.15) is 6.23 Å². The number of nitrogens with two attached hydrogens (primary N) is 1. The Morgan fingerprint density at radius 2 is 2.14 bits per heavy atom. The molecule has 1 aliphatic heterocycles. The van der Waals surface area contributed by atoms with Crippen molar-refractivity contribution in [3.63, 3.8) is 0 Å². The van der Waals surface area contributed by atoms with Gasteiger partial charge in [-0.2, -0.15) is 0 Å². The zero-order valence-electron chi connectivity index (χ0n) is 11.1. The molecule has 0 aromatic carbocycles. The number of aliphatic hydroxyl groups excluding tert-OH is 2. The molecular weight excluding hydrogens is 317 g/mol. The van der Waals surface area contributed by atoms with Crippen molar-refractivity contribution in [2.24, 2.45) is 0 Å². The molecule has 11 nitrogen and oxygen atoms in total. The van der Waals surface area contributed by atoms with E-state index in [1.807, 2.05) is 0 Å². The minimum atomic E-state index is -2.82. The Balaban J connectivity index is 1.87. The molecule has 3 rings (SSSR count). The summed E-state index contributed by atoms with van der Waals surface area (Å²) < 4.78 is 22.0. The van der Waals surface area contributed by atoms with E-state index in [0.717, 1.165) is 0 Å². The van der Waals surface area contributed by atoms with Gasteiger partial charge in [0.15, 0.2) is 17.7 Å². The van der Waals surface area contributed by atoms with E-state index in [1.54, 1.807) is 0 Å². The van der Waals surface area contributed by atoms with Crippen LogP contribution in [0.5, 0.6) is 0 Å². The summed E-state index contributed by atoms with van der Waals surface area (Å²) in [5.74, 6) is 0.175. The van der Waals surface area contributed by atoms with Gasteiger partial charge in [-0.05, 0) is 0 Å². The van der Waals surface area contributed by atoms with Crippen molar-refractivity contribution >= 4 is 25.2 Å². The third kappa shape index (κ3) is 2.54. The number of aliphatic hydroxyl groups is 2. The number of rotatable bonds is 4. The first-order valence-electron chi connectivity index (χ1n) is 6.22. The number of hydrogen-bond donors (Lipinski definition) is 4. The highest BCUT2D eigenvalue weighted by Gasteiger charge is 2.44. The van der Waals surface area contributed by atoms with Crippen LogP contribution >= 0.6 is 8.25 Å². The van der Waals surface area contributed by atoms with Crippen molar-refractivity contribution < 1.29 is 28.9 Å². The molecule has 1 fully saturated rings. The third-order valence-electron chi connectivity index (χ3n) is 3.35. The first kappa shape index (κ1) is 15.2. The van der Waals surface area contributed by atoms with Gasteiger partial charge in [-0.3, -0.25) is 14.0 Å². The van der Waals surface area contributed by atoms with Crippen molar-refractivity contribution in [1.29, 1.82) is 0 Å². The molecule has 0 aliphatic carbocycles. The summed E-state index contributed by atoms with van der Waals surface area (Å²) in [4.78, 5) is 20.5. The predicted molar refractivity (Wildman–Crippen MR) is 71.4 cm³/mol. The molecule has 2 aromatic heterocycles. The smallest absolute Gasteiger partial charge is 0.366 e. The van der Waals surface area contributed by atoms with Crippen LogP contribution in [0.4, 0.5) is 5.82 Å². The molecule has 12 heteroatoms. The normalized spacial score (nSPS) is 29.1. The van der Waals surface area contributed by atoms with Crippen LogP contribution < -0.4 is 5.73 Å². The summed E-state index contributed by atoms with van der Waals surface area (Å²) in [5, 5.41) is 20.0. The van der Waals surface area contributed by atoms with Crippen LogP contribution in [-0.4, -0.2) is 59.5 Å². The van der Waals surface area contributed by atoms with Gasteiger partial charge in [0.1, 0.15) is 30.2 Å². The lowest BCUT2D eigenvalue weighted by atomic mass is 10.1. The number of aromatic nitrogens is 4. The third-order valence-corrected chi connectivity index (χ3v) is 3.72. The molecule has 5 atom stereocenters. The maximum atomic E-state index is 10.5. The highest BCUT2D eigenvalue weighted by Crippen LogP contribution is 2.33. The molecule has 3 heterocycles. The fourth-order valence-electron chi connectivity index (χ4n) is 2.29. The molecule has 0 bridgehead atoms. The molecule has 5 N–H and O–H groups in total. The molecule has 1 saturated heterocycles. The largest absolute Gasteiger partial charge is 0.387 e. The topological polar surface area (TPSA) is 166 Å². The van der Waals surface area contributed by atoms with E-state index in [9.17, 15) is 14.8 Å². The van der Waals surface area contributed by atoms with Gasteiger partial charge >= 0.3 is 8.25 Å². The van der Waals surface area contributed by atoms with Crippen LogP contribution in [0.2, 0.25) is 0 Å². The Kier molecular flexibility index (Phi) is 4.00. The first-order chi connectivity index (χ1) is 10.5. The summed E-state index contributed by atoms with van der Waals surface area (Å²) in [6.07, 6.45) is -1.95. The van der Waals surface area contributed by atoms with E-state index in [4.69, 9.17) is 15.4 Å². The average Bonchev–Trinajstić information content (AvgIpc) is 3.01. The zero-order valence-corrected chi connectivity index (χ0v) is 11.9. The number of imidazole rings is 1. The minimum absolute atomic E-state index is 0.175.